The van der Waals surface area contributed by atoms with Crippen molar-refractivity contribution >= 4 is 11.6 Å². The minimum atomic E-state index is -0.170. The van der Waals surface area contributed by atoms with Gasteiger partial charge in [0.1, 0.15) is 12.1 Å². The van der Waals surface area contributed by atoms with E-state index in [4.69, 9.17) is 0 Å². The summed E-state index contributed by atoms with van der Waals surface area (Å²) >= 11 is 0. The molecule has 5 nitrogen and oxygen atoms in total. The molecule has 0 saturated carbocycles. The Kier molecular flexibility index (Phi) is 2.68. The molecule has 0 radical (unpaired) electrons. The second-order valence-corrected chi connectivity index (χ2v) is 3.84. The predicted molar refractivity (Wildman–Crippen MR) is 59.2 cm³/mol. The molecule has 0 aliphatic rings. The van der Waals surface area contributed by atoms with E-state index in [2.05, 4.69) is 15.1 Å². The molecule has 0 N–H and O–H groups in total. The quantitative estimate of drug-likeness (QED) is 0.783. The van der Waals surface area contributed by atoms with Gasteiger partial charge in [-0.15, -0.1) is 0 Å². The van der Waals surface area contributed by atoms with E-state index in [1.807, 2.05) is 26.8 Å². The predicted octanol–water partition coefficient (Wildman–Crippen LogP) is 1.52. The number of carbonyl (C=O) groups is 1. The van der Waals surface area contributed by atoms with Gasteiger partial charge in [0.15, 0.2) is 0 Å². The fourth-order valence-corrected chi connectivity index (χ4v) is 1.74. The number of hydrogen-bond donors (Lipinski definition) is 0. The van der Waals surface area contributed by atoms with Crippen LogP contribution in [0.3, 0.4) is 0 Å². The van der Waals surface area contributed by atoms with Crippen LogP contribution in [-0.2, 0) is 4.79 Å². The monoisotopic (exact) mass is 218 g/mol. The summed E-state index contributed by atoms with van der Waals surface area (Å²) in [7, 11) is 0. The van der Waals surface area contributed by atoms with Crippen LogP contribution in [0.2, 0.25) is 0 Å². The molecule has 1 unspecified atom stereocenters. The highest BCUT2D eigenvalue weighted by Crippen LogP contribution is 2.18. The molecule has 0 spiro atoms. The van der Waals surface area contributed by atoms with E-state index >= 15 is 0 Å². The maximum Gasteiger partial charge on any atom is 0.252 e. The van der Waals surface area contributed by atoms with Crippen LogP contribution >= 0.6 is 0 Å². The number of fused-ring (bicyclic) bond motifs is 1. The first-order valence-corrected chi connectivity index (χ1v) is 5.33. The number of hydrogen-bond acceptors (Lipinski definition) is 4. The van der Waals surface area contributed by atoms with E-state index in [1.54, 1.807) is 4.52 Å². The fraction of sp³-hybridized carbons (Fsp3) is 0.455. The van der Waals surface area contributed by atoms with Gasteiger partial charge in [-0.25, -0.2) is 9.50 Å². The van der Waals surface area contributed by atoms with E-state index in [9.17, 15) is 4.79 Å². The Hall–Kier alpha value is -1.78. The molecule has 0 fully saturated rings. The standard InChI is InChI=1S/C11H14N4O/c1-4-10(16)8(3)9-5-7(2)14-11-12-6-13-15(9)11/h5-6,8H,4H2,1-3H3. The second-order valence-electron chi connectivity index (χ2n) is 3.84. The molecule has 84 valence electrons. The van der Waals surface area contributed by atoms with E-state index in [1.165, 1.54) is 6.33 Å². The largest absolute Gasteiger partial charge is 0.299 e. The number of rotatable bonds is 3. The van der Waals surface area contributed by atoms with Crippen molar-refractivity contribution in [2.24, 2.45) is 0 Å². The molecule has 2 aromatic rings. The van der Waals surface area contributed by atoms with Crippen molar-refractivity contribution in [3.05, 3.63) is 23.8 Å². The molecule has 1 atom stereocenters. The van der Waals surface area contributed by atoms with Gasteiger partial charge in [-0.1, -0.05) is 6.92 Å². The van der Waals surface area contributed by atoms with Gasteiger partial charge in [-0.2, -0.15) is 10.1 Å². The summed E-state index contributed by atoms with van der Waals surface area (Å²) < 4.78 is 1.63. The van der Waals surface area contributed by atoms with E-state index in [0.29, 0.717) is 12.2 Å². The zero-order valence-electron chi connectivity index (χ0n) is 9.64. The number of Topliss-reactive ketones (excluding diaryl/α,β-unsaturated/α-hetero) is 1. The topological polar surface area (TPSA) is 60.2 Å². The Bertz CT molecular complexity index is 532. The number of aromatic nitrogens is 4. The Balaban J connectivity index is 2.58. The minimum absolute atomic E-state index is 0.170. The highest BCUT2D eigenvalue weighted by Gasteiger charge is 2.18. The first-order chi connectivity index (χ1) is 7.63. The van der Waals surface area contributed by atoms with Crippen LogP contribution < -0.4 is 0 Å². The van der Waals surface area contributed by atoms with Crippen molar-refractivity contribution in [2.75, 3.05) is 0 Å². The molecule has 0 bridgehead atoms. The van der Waals surface area contributed by atoms with Crippen LogP contribution in [0.4, 0.5) is 0 Å². The molecule has 5 heteroatoms. The van der Waals surface area contributed by atoms with Crippen molar-refractivity contribution in [3.63, 3.8) is 0 Å². The molecule has 0 amide bonds. The highest BCUT2D eigenvalue weighted by atomic mass is 16.1. The normalized spacial score (nSPS) is 12.9. The van der Waals surface area contributed by atoms with E-state index in [0.717, 1.165) is 11.4 Å². The highest BCUT2D eigenvalue weighted by molar-refractivity contribution is 5.84. The number of aryl methyl sites for hydroxylation is 1. The molecule has 0 aromatic carbocycles. The number of carbonyl (C=O) groups excluding carboxylic acids is 1. The third-order valence-corrected chi connectivity index (χ3v) is 2.68. The molecule has 0 saturated heterocycles. The third kappa shape index (κ3) is 1.68. The van der Waals surface area contributed by atoms with Crippen LogP contribution in [0.1, 0.15) is 37.6 Å². The van der Waals surface area contributed by atoms with Crippen LogP contribution in [0, 0.1) is 6.92 Å². The van der Waals surface area contributed by atoms with Crippen molar-refractivity contribution < 1.29 is 4.79 Å². The lowest BCUT2D eigenvalue weighted by Crippen LogP contribution is -2.13. The lowest BCUT2D eigenvalue weighted by Gasteiger charge is -2.11. The first kappa shape index (κ1) is 10.7. The van der Waals surface area contributed by atoms with Crippen LogP contribution in [0.15, 0.2) is 12.4 Å². The van der Waals surface area contributed by atoms with Gasteiger partial charge in [-0.05, 0) is 19.9 Å². The summed E-state index contributed by atoms with van der Waals surface area (Å²) in [5.74, 6) is 0.573. The average Bonchev–Trinajstić information content (AvgIpc) is 2.73. The maximum absolute atomic E-state index is 11.7. The Morgan fingerprint density at radius 2 is 2.31 bits per heavy atom. The summed E-state index contributed by atoms with van der Waals surface area (Å²) in [6.45, 7) is 5.65. The van der Waals surface area contributed by atoms with Crippen molar-refractivity contribution in [1.82, 2.24) is 19.6 Å². The molecular formula is C11H14N4O. The molecule has 2 heterocycles. The van der Waals surface area contributed by atoms with Crippen molar-refractivity contribution in [2.45, 2.75) is 33.1 Å². The SMILES string of the molecule is CCC(=O)C(C)c1cc(C)nc2ncnn12. The summed E-state index contributed by atoms with van der Waals surface area (Å²) in [6, 6.07) is 1.89. The average molecular weight is 218 g/mol. The van der Waals surface area contributed by atoms with Crippen LogP contribution in [0.25, 0.3) is 5.78 Å². The summed E-state index contributed by atoms with van der Waals surface area (Å²) in [5, 5.41) is 4.09. The maximum atomic E-state index is 11.7. The minimum Gasteiger partial charge on any atom is -0.299 e. The third-order valence-electron chi connectivity index (χ3n) is 2.68. The van der Waals surface area contributed by atoms with E-state index < -0.39 is 0 Å². The zero-order valence-corrected chi connectivity index (χ0v) is 9.64. The van der Waals surface area contributed by atoms with Gasteiger partial charge >= 0.3 is 0 Å². The lowest BCUT2D eigenvalue weighted by molar-refractivity contribution is -0.119. The Morgan fingerprint density at radius 1 is 1.56 bits per heavy atom. The molecule has 16 heavy (non-hydrogen) atoms. The van der Waals surface area contributed by atoms with Gasteiger partial charge in [0.2, 0.25) is 0 Å². The molecule has 2 aromatic heterocycles. The first-order valence-electron chi connectivity index (χ1n) is 5.33. The number of nitrogens with zero attached hydrogens (tertiary/aromatic N) is 4. The molecule has 2 rings (SSSR count). The zero-order chi connectivity index (χ0) is 11.7. The molecule has 0 aliphatic heterocycles. The Morgan fingerprint density at radius 3 is 3.00 bits per heavy atom. The summed E-state index contributed by atoms with van der Waals surface area (Å²) in [6.07, 6.45) is 1.98. The molecular weight excluding hydrogens is 204 g/mol. The van der Waals surface area contributed by atoms with Gasteiger partial charge < -0.3 is 0 Å². The van der Waals surface area contributed by atoms with Gasteiger partial charge in [0.05, 0.1) is 11.6 Å². The van der Waals surface area contributed by atoms with Crippen LogP contribution in [-0.4, -0.2) is 25.4 Å². The van der Waals surface area contributed by atoms with Crippen molar-refractivity contribution in [3.8, 4) is 0 Å². The molecule has 0 aliphatic carbocycles. The van der Waals surface area contributed by atoms with Gasteiger partial charge in [-0.3, -0.25) is 4.79 Å². The smallest absolute Gasteiger partial charge is 0.252 e. The fourth-order valence-electron chi connectivity index (χ4n) is 1.74. The summed E-state index contributed by atoms with van der Waals surface area (Å²) in [4.78, 5) is 20.0. The van der Waals surface area contributed by atoms with E-state index in [-0.39, 0.29) is 11.7 Å². The second kappa shape index (κ2) is 4.00. The van der Waals surface area contributed by atoms with Crippen LogP contribution in [0.5, 0.6) is 0 Å². The van der Waals surface area contributed by atoms with Gasteiger partial charge in [0, 0.05) is 12.1 Å². The Labute approximate surface area is 93.5 Å². The van der Waals surface area contributed by atoms with Gasteiger partial charge in [0.25, 0.3) is 5.78 Å². The number of ketones is 1. The van der Waals surface area contributed by atoms with Crippen molar-refractivity contribution in [1.29, 1.82) is 0 Å². The summed E-state index contributed by atoms with van der Waals surface area (Å²) in [5.41, 5.74) is 1.71. The lowest BCUT2D eigenvalue weighted by atomic mass is 10.00.